The van der Waals surface area contributed by atoms with Crippen LogP contribution in [0, 0.1) is 5.92 Å². The van der Waals surface area contributed by atoms with Crippen LogP contribution in [0.15, 0.2) is 30.3 Å². The van der Waals surface area contributed by atoms with Gasteiger partial charge in [0.05, 0.1) is 11.0 Å². The molecule has 4 rings (SSSR count). The van der Waals surface area contributed by atoms with Gasteiger partial charge in [0.1, 0.15) is 12.4 Å². The Bertz CT molecular complexity index is 871. The van der Waals surface area contributed by atoms with Gasteiger partial charge in [0.15, 0.2) is 0 Å². The van der Waals surface area contributed by atoms with Crippen LogP contribution in [0.3, 0.4) is 0 Å². The normalized spacial score (nSPS) is 20.7. The maximum atomic E-state index is 12.4. The predicted molar refractivity (Wildman–Crippen MR) is 111 cm³/mol. The lowest BCUT2D eigenvalue weighted by Crippen LogP contribution is -2.41. The highest BCUT2D eigenvalue weighted by molar-refractivity contribution is 7.14. The van der Waals surface area contributed by atoms with Crippen molar-refractivity contribution < 1.29 is 19.1 Å². The van der Waals surface area contributed by atoms with Crippen LogP contribution in [0.2, 0.25) is 0 Å². The van der Waals surface area contributed by atoms with Crippen molar-refractivity contribution in [3.8, 4) is 5.75 Å². The first kappa shape index (κ1) is 19.9. The second-order valence-electron chi connectivity index (χ2n) is 7.79. The van der Waals surface area contributed by atoms with E-state index in [4.69, 9.17) is 9.47 Å². The van der Waals surface area contributed by atoms with Crippen LogP contribution in [0.1, 0.15) is 56.7 Å². The average Bonchev–Trinajstić information content (AvgIpc) is 3.40. The number of nitrogens with one attached hydrogen (secondary N) is 2. The van der Waals surface area contributed by atoms with Crippen molar-refractivity contribution in [2.45, 2.75) is 45.1 Å². The predicted octanol–water partition coefficient (Wildman–Crippen LogP) is 3.51. The summed E-state index contributed by atoms with van der Waals surface area (Å²) >= 11 is 1.52. The molecule has 6 nitrogen and oxygen atoms in total. The third-order valence-electron chi connectivity index (χ3n) is 5.42. The van der Waals surface area contributed by atoms with E-state index in [-0.39, 0.29) is 17.9 Å². The number of hydrogen-bond acceptors (Lipinski definition) is 5. The smallest absolute Gasteiger partial charge is 0.279 e. The molecule has 7 heteroatoms. The van der Waals surface area contributed by atoms with Crippen LogP contribution < -0.4 is 15.6 Å². The van der Waals surface area contributed by atoms with E-state index in [1.165, 1.54) is 28.2 Å². The lowest BCUT2D eigenvalue weighted by atomic mass is 9.90. The van der Waals surface area contributed by atoms with E-state index in [2.05, 4.69) is 17.8 Å². The van der Waals surface area contributed by atoms with Crippen LogP contribution in [0.5, 0.6) is 5.75 Å². The van der Waals surface area contributed by atoms with E-state index in [0.29, 0.717) is 28.7 Å². The Kier molecular flexibility index (Phi) is 6.16. The van der Waals surface area contributed by atoms with Gasteiger partial charge >= 0.3 is 0 Å². The van der Waals surface area contributed by atoms with Crippen molar-refractivity contribution >= 4 is 23.2 Å². The minimum absolute atomic E-state index is 0.152. The number of benzene rings is 1. The van der Waals surface area contributed by atoms with E-state index in [1.54, 1.807) is 24.3 Å². The van der Waals surface area contributed by atoms with E-state index in [9.17, 15) is 9.59 Å². The largest absolute Gasteiger partial charge is 0.491 e. The zero-order valence-electron chi connectivity index (χ0n) is 16.5. The third kappa shape index (κ3) is 4.97. The SMILES string of the molecule is CC1CCc2sc(C(=O)NNC(=O)c3ccc(OCC4CCCO4)cc3)cc2C1. The molecule has 0 radical (unpaired) electrons. The average molecular weight is 415 g/mol. The molecule has 0 spiro atoms. The summed E-state index contributed by atoms with van der Waals surface area (Å²) in [4.78, 5) is 26.6. The van der Waals surface area contributed by atoms with Crippen molar-refractivity contribution in [2.75, 3.05) is 13.2 Å². The Balaban J connectivity index is 1.27. The van der Waals surface area contributed by atoms with E-state index in [0.717, 1.165) is 32.3 Å². The molecule has 154 valence electrons. The first-order valence-electron chi connectivity index (χ1n) is 10.1. The summed E-state index contributed by atoms with van der Waals surface area (Å²) in [6.45, 7) is 3.55. The molecule has 1 saturated heterocycles. The Morgan fingerprint density at radius 2 is 1.97 bits per heavy atom. The second-order valence-corrected chi connectivity index (χ2v) is 8.92. The molecule has 2 atom stereocenters. The lowest BCUT2D eigenvalue weighted by Gasteiger charge is -2.16. The lowest BCUT2D eigenvalue weighted by molar-refractivity contribution is 0.0679. The Labute approximate surface area is 174 Å². The van der Waals surface area contributed by atoms with Gasteiger partial charge in [-0.1, -0.05) is 6.92 Å². The Hall–Kier alpha value is -2.38. The summed E-state index contributed by atoms with van der Waals surface area (Å²) < 4.78 is 11.2. The third-order valence-corrected chi connectivity index (χ3v) is 6.65. The molecular weight excluding hydrogens is 388 g/mol. The van der Waals surface area contributed by atoms with Crippen LogP contribution in [0.4, 0.5) is 0 Å². The molecule has 0 saturated carbocycles. The fourth-order valence-electron chi connectivity index (χ4n) is 3.73. The van der Waals surface area contributed by atoms with Gasteiger partial charge in [0.2, 0.25) is 0 Å². The minimum Gasteiger partial charge on any atom is -0.491 e. The first-order valence-corrected chi connectivity index (χ1v) is 11.0. The molecule has 1 aromatic heterocycles. The van der Waals surface area contributed by atoms with Gasteiger partial charge in [-0.2, -0.15) is 0 Å². The van der Waals surface area contributed by atoms with Gasteiger partial charge < -0.3 is 9.47 Å². The maximum absolute atomic E-state index is 12.4. The number of rotatable bonds is 5. The summed E-state index contributed by atoms with van der Waals surface area (Å²) in [5, 5.41) is 0. The monoisotopic (exact) mass is 414 g/mol. The van der Waals surface area contributed by atoms with Gasteiger partial charge in [-0.05, 0) is 73.9 Å². The number of carbonyl (C=O) groups is 2. The van der Waals surface area contributed by atoms with Gasteiger partial charge in [0, 0.05) is 17.0 Å². The zero-order valence-corrected chi connectivity index (χ0v) is 17.3. The molecule has 2 heterocycles. The van der Waals surface area contributed by atoms with Crippen molar-refractivity contribution in [2.24, 2.45) is 5.92 Å². The molecule has 29 heavy (non-hydrogen) atoms. The maximum Gasteiger partial charge on any atom is 0.279 e. The summed E-state index contributed by atoms with van der Waals surface area (Å²) in [6.07, 6.45) is 5.46. The summed E-state index contributed by atoms with van der Waals surface area (Å²) in [5.41, 5.74) is 6.73. The molecule has 2 aromatic rings. The molecule has 1 aliphatic carbocycles. The Morgan fingerprint density at radius 1 is 1.17 bits per heavy atom. The Morgan fingerprint density at radius 3 is 2.72 bits per heavy atom. The molecule has 1 aromatic carbocycles. The number of ether oxygens (including phenoxy) is 2. The van der Waals surface area contributed by atoms with Crippen LogP contribution >= 0.6 is 11.3 Å². The van der Waals surface area contributed by atoms with Crippen molar-refractivity contribution in [3.63, 3.8) is 0 Å². The van der Waals surface area contributed by atoms with Gasteiger partial charge in [-0.3, -0.25) is 20.4 Å². The van der Waals surface area contributed by atoms with Crippen LogP contribution in [-0.2, 0) is 17.6 Å². The zero-order chi connectivity index (χ0) is 20.2. The molecule has 2 aliphatic rings. The fraction of sp³-hybridized carbons (Fsp3) is 0.455. The molecule has 1 fully saturated rings. The van der Waals surface area contributed by atoms with E-state index >= 15 is 0 Å². The van der Waals surface area contributed by atoms with Crippen LogP contribution in [0.25, 0.3) is 0 Å². The number of hydrogen-bond donors (Lipinski definition) is 2. The number of carbonyl (C=O) groups excluding carboxylic acids is 2. The minimum atomic E-state index is -0.362. The van der Waals surface area contributed by atoms with Gasteiger partial charge in [0.25, 0.3) is 11.8 Å². The van der Waals surface area contributed by atoms with Gasteiger partial charge in [-0.15, -0.1) is 11.3 Å². The summed E-state index contributed by atoms with van der Waals surface area (Å²) in [7, 11) is 0. The molecule has 2 N–H and O–H groups in total. The fourth-order valence-corrected chi connectivity index (χ4v) is 4.84. The molecule has 1 aliphatic heterocycles. The quantitative estimate of drug-likeness (QED) is 0.734. The van der Waals surface area contributed by atoms with E-state index < -0.39 is 0 Å². The highest BCUT2D eigenvalue weighted by Gasteiger charge is 2.21. The molecular formula is C22H26N2O4S. The van der Waals surface area contributed by atoms with Gasteiger partial charge in [-0.25, -0.2) is 0 Å². The first-order chi connectivity index (χ1) is 14.1. The topological polar surface area (TPSA) is 76.7 Å². The van der Waals surface area contributed by atoms with E-state index in [1.807, 2.05) is 6.07 Å². The second kappa shape index (κ2) is 8.97. The summed E-state index contributed by atoms with van der Waals surface area (Å²) in [5.74, 6) is 0.714. The molecule has 2 amide bonds. The van der Waals surface area contributed by atoms with Crippen molar-refractivity contribution in [1.82, 2.24) is 10.9 Å². The van der Waals surface area contributed by atoms with Crippen molar-refractivity contribution in [3.05, 3.63) is 51.2 Å². The number of thiophene rings is 1. The molecule has 2 unspecified atom stereocenters. The number of hydrazine groups is 1. The molecule has 0 bridgehead atoms. The number of aryl methyl sites for hydroxylation is 1. The number of fused-ring (bicyclic) bond motifs is 1. The van der Waals surface area contributed by atoms with Crippen LogP contribution in [-0.4, -0.2) is 31.1 Å². The highest BCUT2D eigenvalue weighted by atomic mass is 32.1. The van der Waals surface area contributed by atoms with Crippen molar-refractivity contribution in [1.29, 1.82) is 0 Å². The highest BCUT2D eigenvalue weighted by Crippen LogP contribution is 2.32. The summed E-state index contributed by atoms with van der Waals surface area (Å²) in [6, 6.07) is 8.81. The number of amides is 2. The standard InChI is InChI=1S/C22H26N2O4S/c1-14-4-9-19-16(11-14)12-20(29-19)22(26)24-23-21(25)15-5-7-17(8-6-15)28-13-18-3-2-10-27-18/h5-8,12,14,18H,2-4,9-11,13H2,1H3,(H,23,25)(H,24,26).